The lowest BCUT2D eigenvalue weighted by Gasteiger charge is -2.28. The molecule has 3 rings (SSSR count). The van der Waals surface area contributed by atoms with Gasteiger partial charge in [0, 0.05) is 18.3 Å². The van der Waals surface area contributed by atoms with E-state index in [2.05, 4.69) is 10.3 Å². The highest BCUT2D eigenvalue weighted by atomic mass is 16.5. The van der Waals surface area contributed by atoms with Crippen molar-refractivity contribution < 1.29 is 14.6 Å². The number of pyridine rings is 1. The summed E-state index contributed by atoms with van der Waals surface area (Å²) < 4.78 is 5.52. The van der Waals surface area contributed by atoms with Gasteiger partial charge in [0.25, 0.3) is 0 Å². The van der Waals surface area contributed by atoms with Gasteiger partial charge in [0.1, 0.15) is 11.4 Å². The monoisotopic (exact) mass is 276 g/mol. The number of rotatable bonds is 3. The van der Waals surface area contributed by atoms with Crippen molar-refractivity contribution in [1.82, 2.24) is 4.98 Å². The Bertz CT molecular complexity index is 530. The Labute approximate surface area is 118 Å². The molecule has 1 aromatic heterocycles. The number of carboxylic acids is 1. The first kappa shape index (κ1) is 13.4. The minimum absolute atomic E-state index is 0.212. The quantitative estimate of drug-likeness (QED) is 0.886. The number of nitrogens with one attached hydrogen (secondary N) is 1. The fraction of sp³-hybridized carbons (Fsp3) is 0.600. The highest BCUT2D eigenvalue weighted by molar-refractivity contribution is 5.93. The fourth-order valence-corrected chi connectivity index (χ4v) is 3.07. The maximum Gasteiger partial charge on any atom is 0.339 e. The average molecular weight is 276 g/mol. The Morgan fingerprint density at radius 2 is 2.35 bits per heavy atom. The first-order valence-corrected chi connectivity index (χ1v) is 7.27. The van der Waals surface area contributed by atoms with Crippen LogP contribution in [0, 0.1) is 0 Å². The van der Waals surface area contributed by atoms with Crippen molar-refractivity contribution in [3.8, 4) is 0 Å². The molecular weight excluding hydrogens is 256 g/mol. The van der Waals surface area contributed by atoms with E-state index in [0.717, 1.165) is 43.4 Å². The third-order valence-corrected chi connectivity index (χ3v) is 4.11. The summed E-state index contributed by atoms with van der Waals surface area (Å²) in [4.78, 5) is 16.0. The molecule has 2 aliphatic rings. The molecular formula is C15H20N2O3. The molecule has 0 spiro atoms. The summed E-state index contributed by atoms with van der Waals surface area (Å²) in [5, 5.41) is 12.7. The summed E-state index contributed by atoms with van der Waals surface area (Å²) in [6.07, 6.45) is 4.95. The van der Waals surface area contributed by atoms with Gasteiger partial charge in [0.05, 0.1) is 6.10 Å². The number of nitrogens with zero attached hydrogens (tertiary/aromatic N) is 1. The van der Waals surface area contributed by atoms with Gasteiger partial charge in [-0.15, -0.1) is 0 Å². The molecule has 1 aliphatic heterocycles. The lowest BCUT2D eigenvalue weighted by Crippen LogP contribution is -2.33. The van der Waals surface area contributed by atoms with Gasteiger partial charge in [-0.05, 0) is 50.7 Å². The maximum atomic E-state index is 11.4. The molecule has 0 radical (unpaired) electrons. The van der Waals surface area contributed by atoms with E-state index in [0.29, 0.717) is 18.0 Å². The molecule has 1 aliphatic carbocycles. The maximum absolute atomic E-state index is 11.4. The van der Waals surface area contributed by atoms with Gasteiger partial charge in [-0.2, -0.15) is 0 Å². The number of fused-ring (bicyclic) bond motifs is 1. The Hall–Kier alpha value is -1.62. The molecule has 0 aromatic carbocycles. The largest absolute Gasteiger partial charge is 0.478 e. The zero-order chi connectivity index (χ0) is 14.1. The highest BCUT2D eigenvalue weighted by Crippen LogP contribution is 2.27. The number of carboxylic acid groups (broad SMARTS) is 1. The zero-order valence-electron chi connectivity index (χ0n) is 11.7. The van der Waals surface area contributed by atoms with Gasteiger partial charge in [0.2, 0.25) is 0 Å². The molecule has 1 aromatic rings. The van der Waals surface area contributed by atoms with Crippen LogP contribution >= 0.6 is 0 Å². The first-order chi connectivity index (χ1) is 9.63. The van der Waals surface area contributed by atoms with Crippen LogP contribution in [0.5, 0.6) is 0 Å². The van der Waals surface area contributed by atoms with Crippen molar-refractivity contribution >= 4 is 11.8 Å². The van der Waals surface area contributed by atoms with Crippen LogP contribution in [0.3, 0.4) is 0 Å². The molecule has 1 saturated heterocycles. The zero-order valence-corrected chi connectivity index (χ0v) is 11.7. The van der Waals surface area contributed by atoms with Gasteiger partial charge >= 0.3 is 5.97 Å². The Morgan fingerprint density at radius 1 is 1.50 bits per heavy atom. The van der Waals surface area contributed by atoms with Gasteiger partial charge in [-0.25, -0.2) is 9.78 Å². The number of ether oxygens (including phenoxy) is 1. The summed E-state index contributed by atoms with van der Waals surface area (Å²) in [6.45, 7) is 2.76. The molecule has 0 saturated carbocycles. The van der Waals surface area contributed by atoms with E-state index >= 15 is 0 Å². The molecule has 2 N–H and O–H groups in total. The minimum atomic E-state index is -0.908. The van der Waals surface area contributed by atoms with Crippen molar-refractivity contribution in [2.45, 2.75) is 51.2 Å². The number of hydrogen-bond donors (Lipinski definition) is 2. The van der Waals surface area contributed by atoms with E-state index in [9.17, 15) is 9.90 Å². The summed E-state index contributed by atoms with van der Waals surface area (Å²) >= 11 is 0. The number of hydrogen-bond acceptors (Lipinski definition) is 4. The second-order valence-corrected chi connectivity index (χ2v) is 5.70. The predicted octanol–water partition coefficient (Wildman–Crippen LogP) is 2.25. The molecule has 2 heterocycles. The highest BCUT2D eigenvalue weighted by Gasteiger charge is 2.24. The molecule has 2 atom stereocenters. The van der Waals surface area contributed by atoms with Gasteiger partial charge < -0.3 is 15.2 Å². The summed E-state index contributed by atoms with van der Waals surface area (Å²) in [6, 6.07) is 2.03. The lowest BCUT2D eigenvalue weighted by atomic mass is 10.0. The number of aryl methyl sites for hydroxylation is 2. The normalized spacial score (nSPS) is 25.2. The van der Waals surface area contributed by atoms with Crippen LogP contribution in [0.1, 0.15) is 47.8 Å². The first-order valence-electron chi connectivity index (χ1n) is 7.27. The minimum Gasteiger partial charge on any atom is -0.478 e. The predicted molar refractivity (Wildman–Crippen MR) is 75.3 cm³/mol. The standard InChI is InChI=1S/C15H20N2O3/c1-9-7-11(5-6-20-9)16-14-12(15(18)19)8-10-3-2-4-13(10)17-14/h8-9,11H,2-7H2,1H3,(H,16,17)(H,18,19). The summed E-state index contributed by atoms with van der Waals surface area (Å²) in [5.41, 5.74) is 2.44. The van der Waals surface area contributed by atoms with Crippen molar-refractivity contribution in [3.05, 3.63) is 22.9 Å². The molecule has 1 fully saturated rings. The number of carbonyl (C=O) groups is 1. The van der Waals surface area contributed by atoms with Gasteiger partial charge in [-0.3, -0.25) is 0 Å². The van der Waals surface area contributed by atoms with E-state index in [1.54, 1.807) is 6.07 Å². The van der Waals surface area contributed by atoms with E-state index < -0.39 is 5.97 Å². The smallest absolute Gasteiger partial charge is 0.339 e. The molecule has 108 valence electrons. The Kier molecular flexibility index (Phi) is 3.61. The summed E-state index contributed by atoms with van der Waals surface area (Å²) in [7, 11) is 0. The topological polar surface area (TPSA) is 71.5 Å². The van der Waals surface area contributed by atoms with Crippen molar-refractivity contribution in [2.24, 2.45) is 0 Å². The van der Waals surface area contributed by atoms with Crippen LogP contribution in [0.4, 0.5) is 5.82 Å². The molecule has 2 unspecified atom stereocenters. The van der Waals surface area contributed by atoms with E-state index in [1.807, 2.05) is 6.92 Å². The van der Waals surface area contributed by atoms with E-state index in [4.69, 9.17) is 4.74 Å². The van der Waals surface area contributed by atoms with Crippen LogP contribution < -0.4 is 5.32 Å². The number of aromatic nitrogens is 1. The summed E-state index contributed by atoms with van der Waals surface area (Å²) in [5.74, 6) is -0.382. The third-order valence-electron chi connectivity index (χ3n) is 4.11. The molecule has 20 heavy (non-hydrogen) atoms. The SMILES string of the molecule is CC1CC(Nc2nc3c(cc2C(=O)O)CCC3)CCO1. The van der Waals surface area contributed by atoms with Crippen LogP contribution in [0.25, 0.3) is 0 Å². The molecule has 5 heteroatoms. The van der Waals surface area contributed by atoms with Crippen molar-refractivity contribution in [2.75, 3.05) is 11.9 Å². The second-order valence-electron chi connectivity index (χ2n) is 5.70. The van der Waals surface area contributed by atoms with Crippen molar-refractivity contribution in [1.29, 1.82) is 0 Å². The Morgan fingerprint density at radius 3 is 3.10 bits per heavy atom. The van der Waals surface area contributed by atoms with Gasteiger partial charge in [0.15, 0.2) is 0 Å². The van der Waals surface area contributed by atoms with Crippen LogP contribution in [-0.4, -0.2) is 34.8 Å². The van der Waals surface area contributed by atoms with E-state index in [1.165, 1.54) is 0 Å². The number of anilines is 1. The van der Waals surface area contributed by atoms with Crippen molar-refractivity contribution in [3.63, 3.8) is 0 Å². The molecule has 5 nitrogen and oxygen atoms in total. The lowest BCUT2D eigenvalue weighted by molar-refractivity contribution is 0.0231. The molecule has 0 amide bonds. The number of aromatic carboxylic acids is 1. The van der Waals surface area contributed by atoms with Crippen LogP contribution in [-0.2, 0) is 17.6 Å². The van der Waals surface area contributed by atoms with Gasteiger partial charge in [-0.1, -0.05) is 0 Å². The average Bonchev–Trinajstić information content (AvgIpc) is 2.84. The fourth-order valence-electron chi connectivity index (χ4n) is 3.07. The molecule has 0 bridgehead atoms. The van der Waals surface area contributed by atoms with Crippen LogP contribution in [0.15, 0.2) is 6.07 Å². The third kappa shape index (κ3) is 2.63. The van der Waals surface area contributed by atoms with Crippen LogP contribution in [0.2, 0.25) is 0 Å². The second kappa shape index (κ2) is 5.40. The van der Waals surface area contributed by atoms with E-state index in [-0.39, 0.29) is 12.1 Å². The Balaban J connectivity index is 1.86.